The zero-order chi connectivity index (χ0) is 26.1. The van der Waals surface area contributed by atoms with Gasteiger partial charge in [-0.1, -0.05) is 50.1 Å². The molecular formula is C27H36FN3O4S. The highest BCUT2D eigenvalue weighted by Gasteiger charge is 2.30. The van der Waals surface area contributed by atoms with Crippen LogP contribution in [0.15, 0.2) is 54.6 Å². The Kier molecular flexibility index (Phi) is 9.87. The third kappa shape index (κ3) is 7.78. The third-order valence-electron chi connectivity index (χ3n) is 6.55. The fraction of sp³-hybridized carbons (Fsp3) is 0.481. The molecule has 2 aromatic carbocycles. The second-order valence-corrected chi connectivity index (χ2v) is 11.2. The van der Waals surface area contributed by atoms with Gasteiger partial charge >= 0.3 is 0 Å². The van der Waals surface area contributed by atoms with Gasteiger partial charge in [-0.2, -0.15) is 0 Å². The Labute approximate surface area is 213 Å². The summed E-state index contributed by atoms with van der Waals surface area (Å²) in [5.74, 6) is -0.807. The van der Waals surface area contributed by atoms with E-state index in [2.05, 4.69) is 5.32 Å². The molecule has 196 valence electrons. The van der Waals surface area contributed by atoms with Crippen molar-refractivity contribution in [2.24, 2.45) is 0 Å². The first-order chi connectivity index (χ1) is 17.2. The average molecular weight is 518 g/mol. The molecule has 36 heavy (non-hydrogen) atoms. The molecule has 0 aliphatic heterocycles. The Bertz CT molecular complexity index is 1100. The van der Waals surface area contributed by atoms with E-state index in [-0.39, 0.29) is 37.2 Å². The summed E-state index contributed by atoms with van der Waals surface area (Å²) in [7, 11) is -3.62. The van der Waals surface area contributed by atoms with E-state index in [1.54, 1.807) is 4.90 Å². The highest BCUT2D eigenvalue weighted by atomic mass is 32.2. The van der Waals surface area contributed by atoms with E-state index in [9.17, 15) is 22.4 Å². The van der Waals surface area contributed by atoms with Gasteiger partial charge in [-0.3, -0.25) is 13.9 Å². The van der Waals surface area contributed by atoms with Crippen molar-refractivity contribution >= 4 is 27.5 Å². The van der Waals surface area contributed by atoms with E-state index in [1.807, 2.05) is 37.3 Å². The highest BCUT2D eigenvalue weighted by Crippen LogP contribution is 2.21. The van der Waals surface area contributed by atoms with Crippen molar-refractivity contribution in [3.63, 3.8) is 0 Å². The van der Waals surface area contributed by atoms with Crippen molar-refractivity contribution in [1.29, 1.82) is 0 Å². The second kappa shape index (κ2) is 12.9. The molecule has 2 amide bonds. The maximum atomic E-state index is 13.4. The molecule has 3 rings (SSSR count). The third-order valence-corrected chi connectivity index (χ3v) is 7.74. The van der Waals surface area contributed by atoms with Gasteiger partial charge in [0.15, 0.2) is 0 Å². The second-order valence-electron chi connectivity index (χ2n) is 9.34. The number of hydrogen-bond acceptors (Lipinski definition) is 4. The minimum atomic E-state index is -3.62. The largest absolute Gasteiger partial charge is 0.352 e. The molecule has 1 aliphatic rings. The molecular weight excluding hydrogens is 481 g/mol. The number of rotatable bonds is 12. The number of benzene rings is 2. The lowest BCUT2D eigenvalue weighted by Crippen LogP contribution is -2.51. The van der Waals surface area contributed by atoms with Crippen molar-refractivity contribution in [2.75, 3.05) is 17.1 Å². The quantitative estimate of drug-likeness (QED) is 0.456. The predicted molar refractivity (Wildman–Crippen MR) is 139 cm³/mol. The van der Waals surface area contributed by atoms with Crippen LogP contribution in [0.5, 0.6) is 0 Å². The molecule has 0 saturated heterocycles. The summed E-state index contributed by atoms with van der Waals surface area (Å²) >= 11 is 0. The van der Waals surface area contributed by atoms with Gasteiger partial charge in [-0.15, -0.1) is 0 Å². The monoisotopic (exact) mass is 517 g/mol. The van der Waals surface area contributed by atoms with Crippen LogP contribution in [-0.2, 0) is 26.2 Å². The summed E-state index contributed by atoms with van der Waals surface area (Å²) in [6, 6.07) is 14.3. The predicted octanol–water partition coefficient (Wildman–Crippen LogP) is 4.24. The lowest BCUT2D eigenvalue weighted by Gasteiger charge is -2.32. The summed E-state index contributed by atoms with van der Waals surface area (Å²) in [5, 5.41) is 3.12. The van der Waals surface area contributed by atoms with E-state index in [1.165, 1.54) is 28.6 Å². The molecule has 1 atom stereocenters. The van der Waals surface area contributed by atoms with Crippen LogP contribution in [0.1, 0.15) is 57.4 Å². The van der Waals surface area contributed by atoms with Crippen molar-refractivity contribution in [3.05, 3.63) is 66.0 Å². The van der Waals surface area contributed by atoms with E-state index in [4.69, 9.17) is 0 Å². The molecule has 7 nitrogen and oxygen atoms in total. The topological polar surface area (TPSA) is 86.8 Å². The first kappa shape index (κ1) is 27.6. The van der Waals surface area contributed by atoms with Gasteiger partial charge < -0.3 is 10.2 Å². The van der Waals surface area contributed by atoms with Crippen LogP contribution < -0.4 is 9.62 Å². The van der Waals surface area contributed by atoms with Crippen LogP contribution in [0.3, 0.4) is 0 Å². The number of amides is 2. The molecule has 0 heterocycles. The van der Waals surface area contributed by atoms with Crippen LogP contribution in [0, 0.1) is 5.82 Å². The maximum Gasteiger partial charge on any atom is 0.243 e. The van der Waals surface area contributed by atoms with Gasteiger partial charge in [0.25, 0.3) is 0 Å². The molecule has 0 aromatic heterocycles. The Morgan fingerprint density at radius 3 is 2.28 bits per heavy atom. The molecule has 1 aliphatic carbocycles. The fourth-order valence-corrected chi connectivity index (χ4v) is 5.64. The zero-order valence-electron chi connectivity index (χ0n) is 21.0. The SMILES string of the molecule is CC[C@@H](C(=O)NC1CCCC1)N(Cc1ccccc1)C(=O)CCCN(c1ccc(F)cc1)S(C)(=O)=O. The summed E-state index contributed by atoms with van der Waals surface area (Å²) < 4.78 is 39.2. The van der Waals surface area contributed by atoms with E-state index in [0.717, 1.165) is 37.5 Å². The molecule has 0 radical (unpaired) electrons. The highest BCUT2D eigenvalue weighted by molar-refractivity contribution is 7.92. The molecule has 0 spiro atoms. The number of sulfonamides is 1. The van der Waals surface area contributed by atoms with Crippen molar-refractivity contribution in [1.82, 2.24) is 10.2 Å². The lowest BCUT2D eigenvalue weighted by atomic mass is 10.1. The van der Waals surface area contributed by atoms with Crippen LogP contribution >= 0.6 is 0 Å². The first-order valence-corrected chi connectivity index (χ1v) is 14.4. The number of anilines is 1. The van der Waals surface area contributed by atoms with Crippen LogP contribution in [0.2, 0.25) is 0 Å². The van der Waals surface area contributed by atoms with Gasteiger partial charge in [-0.05, 0) is 55.5 Å². The number of nitrogens with zero attached hydrogens (tertiary/aromatic N) is 2. The summed E-state index contributed by atoms with van der Waals surface area (Å²) in [6.45, 7) is 2.26. The number of carbonyl (C=O) groups excluding carboxylic acids is 2. The number of halogens is 1. The molecule has 1 N–H and O–H groups in total. The minimum absolute atomic E-state index is 0.0699. The van der Waals surface area contributed by atoms with Gasteiger partial charge in [0.1, 0.15) is 11.9 Å². The first-order valence-electron chi connectivity index (χ1n) is 12.6. The van der Waals surface area contributed by atoms with Crippen molar-refractivity contribution < 1.29 is 22.4 Å². The Balaban J connectivity index is 1.72. The normalized spacial score (nSPS) is 14.9. The smallest absolute Gasteiger partial charge is 0.243 e. The van der Waals surface area contributed by atoms with Crippen LogP contribution in [0.4, 0.5) is 10.1 Å². The van der Waals surface area contributed by atoms with Gasteiger partial charge in [0, 0.05) is 25.6 Å². The van der Waals surface area contributed by atoms with Crippen LogP contribution in [0.25, 0.3) is 0 Å². The summed E-state index contributed by atoms with van der Waals surface area (Å²) in [6.07, 6.45) is 6.00. The van der Waals surface area contributed by atoms with E-state index in [0.29, 0.717) is 18.7 Å². The zero-order valence-corrected chi connectivity index (χ0v) is 21.8. The average Bonchev–Trinajstić information content (AvgIpc) is 3.35. The van der Waals surface area contributed by atoms with E-state index < -0.39 is 21.9 Å². The van der Waals surface area contributed by atoms with Crippen LogP contribution in [-0.4, -0.2) is 50.0 Å². The van der Waals surface area contributed by atoms with Crippen molar-refractivity contribution in [3.8, 4) is 0 Å². The van der Waals surface area contributed by atoms with Crippen molar-refractivity contribution in [2.45, 2.75) is 70.5 Å². The Morgan fingerprint density at radius 1 is 1.06 bits per heavy atom. The number of carbonyl (C=O) groups is 2. The fourth-order valence-electron chi connectivity index (χ4n) is 4.68. The number of hydrogen-bond donors (Lipinski definition) is 1. The maximum absolute atomic E-state index is 13.4. The molecule has 1 saturated carbocycles. The summed E-state index contributed by atoms with van der Waals surface area (Å²) in [5.41, 5.74) is 1.26. The molecule has 0 bridgehead atoms. The Hall–Kier alpha value is -2.94. The lowest BCUT2D eigenvalue weighted by molar-refractivity contribution is -0.141. The van der Waals surface area contributed by atoms with Gasteiger partial charge in [0.2, 0.25) is 21.8 Å². The Morgan fingerprint density at radius 2 is 1.69 bits per heavy atom. The minimum Gasteiger partial charge on any atom is -0.352 e. The molecule has 2 aromatic rings. The molecule has 9 heteroatoms. The number of nitrogens with one attached hydrogen (secondary N) is 1. The molecule has 1 fully saturated rings. The van der Waals surface area contributed by atoms with Gasteiger partial charge in [-0.25, -0.2) is 12.8 Å². The van der Waals surface area contributed by atoms with Gasteiger partial charge in [0.05, 0.1) is 11.9 Å². The molecule has 0 unspecified atom stereocenters. The standard InChI is InChI=1S/C27H36FN3O4S/c1-3-25(27(33)29-23-12-7-8-13-23)30(20-21-10-5-4-6-11-21)26(32)14-9-19-31(36(2,34)35)24-17-15-22(28)16-18-24/h4-6,10-11,15-18,23,25H,3,7-9,12-14,19-20H2,1-2H3,(H,29,33)/t25-/m0/s1. The summed E-state index contributed by atoms with van der Waals surface area (Å²) in [4.78, 5) is 28.2. The van der Waals surface area contributed by atoms with E-state index >= 15 is 0 Å².